The molecule has 0 spiro atoms. The van der Waals surface area contributed by atoms with E-state index in [4.69, 9.17) is 0 Å². The van der Waals surface area contributed by atoms with Gasteiger partial charge in [0, 0.05) is 62.3 Å². The summed E-state index contributed by atoms with van der Waals surface area (Å²) in [6, 6.07) is 9.64. The molecule has 1 atom stereocenters. The summed E-state index contributed by atoms with van der Waals surface area (Å²) in [6.45, 7) is 3.50. The summed E-state index contributed by atoms with van der Waals surface area (Å²) >= 11 is 1.91. The first kappa shape index (κ1) is 19.1. The molecule has 1 N–H and O–H groups in total. The lowest BCUT2D eigenvalue weighted by atomic mass is 10.1. The maximum Gasteiger partial charge on any atom is 0.253 e. The number of halogens is 1. The van der Waals surface area contributed by atoms with Gasteiger partial charge in [-0.05, 0) is 12.1 Å². The van der Waals surface area contributed by atoms with Crippen molar-refractivity contribution in [2.24, 2.45) is 0 Å². The van der Waals surface area contributed by atoms with Crippen LogP contribution in [-0.4, -0.2) is 71.9 Å². The van der Waals surface area contributed by atoms with E-state index in [0.29, 0.717) is 38.6 Å². The Morgan fingerprint density at radius 3 is 2.38 bits per heavy atom. The molecule has 0 saturated carbocycles. The second-order valence-electron chi connectivity index (χ2n) is 5.97. The number of nitrogens with zero attached hydrogens (tertiary/aromatic N) is 2. The number of benzene rings is 1. The minimum atomic E-state index is 0. The normalized spacial score (nSPS) is 21.1. The Bertz CT molecular complexity index is 544. The molecular weight excluding hydrogens is 346 g/mol. The van der Waals surface area contributed by atoms with E-state index in [9.17, 15) is 9.59 Å². The molecule has 1 aromatic carbocycles. The number of rotatable bonds is 3. The number of hydrogen-bond donors (Lipinski definition) is 1. The van der Waals surface area contributed by atoms with Crippen molar-refractivity contribution in [3.05, 3.63) is 35.9 Å². The van der Waals surface area contributed by atoms with Gasteiger partial charge in [0.05, 0.1) is 0 Å². The molecule has 3 rings (SSSR count). The predicted molar refractivity (Wildman–Crippen MR) is 99.9 cm³/mol. The molecule has 2 amide bonds. The van der Waals surface area contributed by atoms with Gasteiger partial charge in [0.25, 0.3) is 5.91 Å². The summed E-state index contributed by atoms with van der Waals surface area (Å²) < 4.78 is 0. The number of amides is 2. The highest BCUT2D eigenvalue weighted by molar-refractivity contribution is 7.99. The number of carbonyl (C=O) groups is 2. The molecule has 0 bridgehead atoms. The Labute approximate surface area is 153 Å². The van der Waals surface area contributed by atoms with Gasteiger partial charge in [-0.2, -0.15) is 11.8 Å². The Kier molecular flexibility index (Phi) is 7.40. The van der Waals surface area contributed by atoms with E-state index in [1.165, 1.54) is 0 Å². The van der Waals surface area contributed by atoms with Crippen LogP contribution in [-0.2, 0) is 4.79 Å². The molecule has 0 aromatic heterocycles. The van der Waals surface area contributed by atoms with Gasteiger partial charge in [-0.25, -0.2) is 0 Å². The van der Waals surface area contributed by atoms with Crippen LogP contribution in [0.1, 0.15) is 16.8 Å². The largest absolute Gasteiger partial charge is 0.339 e. The van der Waals surface area contributed by atoms with Crippen molar-refractivity contribution < 1.29 is 9.59 Å². The van der Waals surface area contributed by atoms with Crippen LogP contribution in [0.3, 0.4) is 0 Å². The van der Waals surface area contributed by atoms with Crippen LogP contribution in [0.5, 0.6) is 0 Å². The van der Waals surface area contributed by atoms with Gasteiger partial charge >= 0.3 is 0 Å². The fourth-order valence-corrected chi connectivity index (χ4v) is 3.96. The van der Waals surface area contributed by atoms with Crippen LogP contribution in [0.25, 0.3) is 0 Å². The summed E-state index contributed by atoms with van der Waals surface area (Å²) in [5.74, 6) is 2.41. The molecular formula is C17H24ClN3O2S. The van der Waals surface area contributed by atoms with Crippen molar-refractivity contribution in [3.63, 3.8) is 0 Å². The van der Waals surface area contributed by atoms with Crippen molar-refractivity contribution in [2.75, 3.05) is 44.2 Å². The van der Waals surface area contributed by atoms with E-state index in [0.717, 1.165) is 23.6 Å². The van der Waals surface area contributed by atoms with Crippen LogP contribution < -0.4 is 5.32 Å². The highest BCUT2D eigenvalue weighted by Crippen LogP contribution is 2.13. The lowest BCUT2D eigenvalue weighted by molar-refractivity contribution is -0.133. The molecule has 2 fully saturated rings. The van der Waals surface area contributed by atoms with E-state index < -0.39 is 0 Å². The van der Waals surface area contributed by atoms with E-state index in [1.54, 1.807) is 0 Å². The van der Waals surface area contributed by atoms with E-state index in [2.05, 4.69) is 5.32 Å². The zero-order valence-corrected chi connectivity index (χ0v) is 15.3. The van der Waals surface area contributed by atoms with E-state index in [1.807, 2.05) is 51.9 Å². The van der Waals surface area contributed by atoms with E-state index >= 15 is 0 Å². The molecule has 2 aliphatic heterocycles. The monoisotopic (exact) mass is 369 g/mol. The zero-order chi connectivity index (χ0) is 16.1. The van der Waals surface area contributed by atoms with Gasteiger partial charge in [-0.15, -0.1) is 12.4 Å². The molecule has 1 aromatic rings. The van der Waals surface area contributed by atoms with Gasteiger partial charge in [0.15, 0.2) is 0 Å². The Morgan fingerprint density at radius 2 is 1.75 bits per heavy atom. The van der Waals surface area contributed by atoms with Gasteiger partial charge in [0.2, 0.25) is 5.91 Å². The standard InChI is InChI=1S/C17H23N3O2S.ClH/c21-16(12-15-13-23-11-6-18-15)19-7-9-20(10-8-19)17(22)14-4-2-1-3-5-14;/h1-5,15,18H,6-13H2;1H. The highest BCUT2D eigenvalue weighted by atomic mass is 35.5. The van der Waals surface area contributed by atoms with Crippen molar-refractivity contribution in [2.45, 2.75) is 12.5 Å². The molecule has 2 aliphatic rings. The zero-order valence-electron chi connectivity index (χ0n) is 13.6. The average Bonchev–Trinajstić information content (AvgIpc) is 2.63. The second kappa shape index (κ2) is 9.30. The number of piperazine rings is 1. The third kappa shape index (κ3) is 4.88. The third-order valence-electron chi connectivity index (χ3n) is 4.36. The van der Waals surface area contributed by atoms with Crippen molar-refractivity contribution >= 4 is 36.0 Å². The quantitative estimate of drug-likeness (QED) is 0.877. The molecule has 2 heterocycles. The Morgan fingerprint density at radius 1 is 1.08 bits per heavy atom. The van der Waals surface area contributed by atoms with E-state index in [-0.39, 0.29) is 24.2 Å². The molecule has 7 heteroatoms. The SMILES string of the molecule is Cl.O=C(CC1CSCCN1)N1CCN(C(=O)c2ccccc2)CC1. The fourth-order valence-electron chi connectivity index (χ4n) is 3.01. The number of thioether (sulfide) groups is 1. The molecule has 2 saturated heterocycles. The molecule has 132 valence electrons. The van der Waals surface area contributed by atoms with Crippen LogP contribution in [0, 0.1) is 0 Å². The summed E-state index contributed by atoms with van der Waals surface area (Å²) in [6.07, 6.45) is 0.569. The molecule has 0 aliphatic carbocycles. The summed E-state index contributed by atoms with van der Waals surface area (Å²) in [5.41, 5.74) is 0.718. The lowest BCUT2D eigenvalue weighted by Gasteiger charge is -2.35. The first-order valence-electron chi connectivity index (χ1n) is 8.17. The van der Waals surface area contributed by atoms with Crippen molar-refractivity contribution in [1.29, 1.82) is 0 Å². The van der Waals surface area contributed by atoms with Crippen LogP contribution in [0.4, 0.5) is 0 Å². The maximum atomic E-state index is 12.4. The Hall–Kier alpha value is -1.24. The van der Waals surface area contributed by atoms with Gasteiger partial charge in [0.1, 0.15) is 0 Å². The molecule has 24 heavy (non-hydrogen) atoms. The number of carbonyl (C=O) groups excluding carboxylic acids is 2. The Balaban J connectivity index is 0.00000208. The van der Waals surface area contributed by atoms with Gasteiger partial charge in [-0.1, -0.05) is 18.2 Å². The molecule has 1 unspecified atom stereocenters. The average molecular weight is 370 g/mol. The van der Waals surface area contributed by atoms with Crippen molar-refractivity contribution in [1.82, 2.24) is 15.1 Å². The minimum absolute atomic E-state index is 0. The highest BCUT2D eigenvalue weighted by Gasteiger charge is 2.26. The fraction of sp³-hybridized carbons (Fsp3) is 0.529. The molecule has 0 radical (unpaired) electrons. The van der Waals surface area contributed by atoms with Crippen LogP contribution >= 0.6 is 24.2 Å². The van der Waals surface area contributed by atoms with Crippen LogP contribution in [0.15, 0.2) is 30.3 Å². The van der Waals surface area contributed by atoms with Crippen molar-refractivity contribution in [3.8, 4) is 0 Å². The van der Waals surface area contributed by atoms with Gasteiger partial charge < -0.3 is 15.1 Å². The summed E-state index contributed by atoms with van der Waals surface area (Å²) in [7, 11) is 0. The summed E-state index contributed by atoms with van der Waals surface area (Å²) in [5, 5.41) is 3.40. The third-order valence-corrected chi connectivity index (χ3v) is 5.49. The minimum Gasteiger partial charge on any atom is -0.339 e. The first-order valence-corrected chi connectivity index (χ1v) is 9.33. The first-order chi connectivity index (χ1) is 11.2. The van der Waals surface area contributed by atoms with Crippen LogP contribution in [0.2, 0.25) is 0 Å². The predicted octanol–water partition coefficient (Wildman–Crippen LogP) is 1.49. The van der Waals surface area contributed by atoms with Gasteiger partial charge in [-0.3, -0.25) is 9.59 Å². The second-order valence-corrected chi connectivity index (χ2v) is 7.12. The summed E-state index contributed by atoms with van der Waals surface area (Å²) in [4.78, 5) is 28.5. The lowest BCUT2D eigenvalue weighted by Crippen LogP contribution is -2.52. The number of nitrogens with one attached hydrogen (secondary N) is 1. The topological polar surface area (TPSA) is 52.7 Å². The number of hydrogen-bond acceptors (Lipinski definition) is 4. The maximum absolute atomic E-state index is 12.4. The molecule has 5 nitrogen and oxygen atoms in total. The smallest absolute Gasteiger partial charge is 0.253 e.